The van der Waals surface area contributed by atoms with Crippen molar-refractivity contribution in [3.63, 3.8) is 0 Å². The van der Waals surface area contributed by atoms with Crippen LogP contribution in [0.4, 0.5) is 0 Å². The van der Waals surface area contributed by atoms with Crippen molar-refractivity contribution < 1.29 is 0 Å². The summed E-state index contributed by atoms with van der Waals surface area (Å²) in [5, 5.41) is 2.66. The van der Waals surface area contributed by atoms with Crippen molar-refractivity contribution >= 4 is 34.1 Å². The van der Waals surface area contributed by atoms with Gasteiger partial charge in [0.05, 0.1) is 0 Å². The van der Waals surface area contributed by atoms with Gasteiger partial charge in [-0.2, -0.15) is 0 Å². The third-order valence-electron chi connectivity index (χ3n) is 9.48. The van der Waals surface area contributed by atoms with Gasteiger partial charge in [-0.3, -0.25) is 0 Å². The first-order valence-corrected chi connectivity index (χ1v) is 16.1. The first-order valence-electron chi connectivity index (χ1n) is 16.1. The molecule has 0 atom stereocenters. The molecule has 5 aromatic rings. The smallest absolute Gasteiger partial charge is 0.00295 e. The number of benzene rings is 5. The van der Waals surface area contributed by atoms with E-state index in [0.29, 0.717) is 0 Å². The Kier molecular flexibility index (Phi) is 7.52. The molecule has 0 fully saturated rings. The van der Waals surface area contributed by atoms with Crippen LogP contribution in [-0.4, -0.2) is 0 Å². The molecular weight excluding hydrogens is 528 g/mol. The van der Waals surface area contributed by atoms with Crippen molar-refractivity contribution in [3.05, 3.63) is 154 Å². The summed E-state index contributed by atoms with van der Waals surface area (Å²) in [7, 11) is 0. The van der Waals surface area contributed by atoms with Crippen LogP contribution in [0.1, 0.15) is 72.6 Å². The minimum absolute atomic E-state index is 1.06. The lowest BCUT2D eigenvalue weighted by atomic mass is 9.78. The second kappa shape index (κ2) is 11.8. The summed E-state index contributed by atoms with van der Waals surface area (Å²) in [6.45, 7) is 9.00. The summed E-state index contributed by atoms with van der Waals surface area (Å²) in [6.07, 6.45) is 16.1. The standard InChI is InChI=1S/C44H40/c1-5-34(36-25-15-19-31-16-9-10-20-35(31)36)42(29(2)3)41-28-33(27-26-30(41)4)44-39-23-13-11-21-37(39)43(32-17-7-6-8-18-32)38-22-12-14-24-40(38)44/h5-8,10-11,13-15,17-21,23-28H,9,12,16,22H2,1-4H3/b34-5-. The molecule has 2 aliphatic carbocycles. The van der Waals surface area contributed by atoms with Gasteiger partial charge in [0.15, 0.2) is 0 Å². The second-order valence-electron chi connectivity index (χ2n) is 12.4. The molecule has 0 spiro atoms. The zero-order valence-electron chi connectivity index (χ0n) is 26.4. The van der Waals surface area contributed by atoms with Gasteiger partial charge in [0.1, 0.15) is 0 Å². The highest BCUT2D eigenvalue weighted by Gasteiger charge is 2.23. The van der Waals surface area contributed by atoms with Crippen molar-refractivity contribution in [1.29, 1.82) is 0 Å². The first kappa shape index (κ1) is 28.1. The topological polar surface area (TPSA) is 0 Å². The fourth-order valence-corrected chi connectivity index (χ4v) is 7.50. The van der Waals surface area contributed by atoms with Crippen LogP contribution in [0.25, 0.3) is 56.3 Å². The van der Waals surface area contributed by atoms with Crippen LogP contribution >= 0.6 is 0 Å². The van der Waals surface area contributed by atoms with Gasteiger partial charge in [-0.05, 0) is 143 Å². The van der Waals surface area contributed by atoms with Crippen LogP contribution in [0.15, 0.2) is 115 Å². The molecule has 0 amide bonds. The van der Waals surface area contributed by atoms with Crippen LogP contribution in [-0.2, 0) is 12.8 Å². The maximum atomic E-state index is 2.47. The fourth-order valence-electron chi connectivity index (χ4n) is 7.50. The second-order valence-corrected chi connectivity index (χ2v) is 12.4. The first-order chi connectivity index (χ1) is 21.6. The zero-order chi connectivity index (χ0) is 30.2. The third-order valence-corrected chi connectivity index (χ3v) is 9.48. The number of aryl methyl sites for hydroxylation is 2. The van der Waals surface area contributed by atoms with E-state index in [-0.39, 0.29) is 0 Å². The molecule has 0 N–H and O–H groups in total. The van der Waals surface area contributed by atoms with Crippen LogP contribution in [0.3, 0.4) is 0 Å². The molecule has 0 bridgehead atoms. The van der Waals surface area contributed by atoms with Crippen molar-refractivity contribution in [1.82, 2.24) is 0 Å². The fraction of sp³-hybridized carbons (Fsp3) is 0.182. The van der Waals surface area contributed by atoms with E-state index in [2.05, 4.69) is 149 Å². The minimum atomic E-state index is 1.06. The van der Waals surface area contributed by atoms with Crippen molar-refractivity contribution in [2.24, 2.45) is 0 Å². The summed E-state index contributed by atoms with van der Waals surface area (Å²) < 4.78 is 0. The van der Waals surface area contributed by atoms with E-state index in [1.807, 2.05) is 0 Å². The lowest BCUT2D eigenvalue weighted by Gasteiger charge is -2.25. The van der Waals surface area contributed by atoms with E-state index in [1.54, 1.807) is 0 Å². The van der Waals surface area contributed by atoms with Gasteiger partial charge in [-0.1, -0.05) is 121 Å². The summed E-state index contributed by atoms with van der Waals surface area (Å²) >= 11 is 0. The van der Waals surface area contributed by atoms with Crippen LogP contribution in [0.5, 0.6) is 0 Å². The monoisotopic (exact) mass is 568 g/mol. The largest absolute Gasteiger partial charge is 0.0836 e. The molecule has 0 radical (unpaired) electrons. The average molecular weight is 569 g/mol. The lowest BCUT2D eigenvalue weighted by molar-refractivity contribution is 0.984. The average Bonchev–Trinajstić information content (AvgIpc) is 3.06. The molecule has 5 aromatic carbocycles. The summed E-state index contributed by atoms with van der Waals surface area (Å²) in [5.41, 5.74) is 18.9. The van der Waals surface area contributed by atoms with Crippen molar-refractivity contribution in [3.8, 4) is 22.3 Å². The van der Waals surface area contributed by atoms with E-state index in [4.69, 9.17) is 0 Å². The molecule has 2 aliphatic rings. The highest BCUT2D eigenvalue weighted by atomic mass is 14.3. The molecule has 0 nitrogen and oxygen atoms in total. The van der Waals surface area contributed by atoms with Crippen LogP contribution < -0.4 is 0 Å². The molecule has 0 saturated heterocycles. The summed E-state index contributed by atoms with van der Waals surface area (Å²) in [4.78, 5) is 0. The maximum Gasteiger partial charge on any atom is -0.00295 e. The van der Waals surface area contributed by atoms with Gasteiger partial charge < -0.3 is 0 Å². The van der Waals surface area contributed by atoms with Gasteiger partial charge in [-0.25, -0.2) is 0 Å². The Morgan fingerprint density at radius 2 is 1.34 bits per heavy atom. The SMILES string of the molecule is C/C=C(\C(=C(C)C)c1cc(-c2c3c(c(-c4ccccc4)c4ccccc24)CCC=C3)ccc1C)c1cccc2c1C=CCC2. The predicted molar refractivity (Wildman–Crippen MR) is 193 cm³/mol. The van der Waals surface area contributed by atoms with E-state index in [1.165, 1.54) is 88.7 Å². The van der Waals surface area contributed by atoms with Gasteiger partial charge in [-0.15, -0.1) is 0 Å². The van der Waals surface area contributed by atoms with E-state index < -0.39 is 0 Å². The third kappa shape index (κ3) is 4.80. The Labute approximate surface area is 262 Å². The summed E-state index contributed by atoms with van der Waals surface area (Å²) in [6, 6.07) is 34.0. The van der Waals surface area contributed by atoms with Gasteiger partial charge in [0.2, 0.25) is 0 Å². The van der Waals surface area contributed by atoms with E-state index >= 15 is 0 Å². The molecule has 0 heterocycles. The molecule has 0 aliphatic heterocycles. The number of fused-ring (bicyclic) bond motifs is 3. The van der Waals surface area contributed by atoms with Gasteiger partial charge >= 0.3 is 0 Å². The molecule has 0 saturated carbocycles. The molecule has 0 heteroatoms. The zero-order valence-corrected chi connectivity index (χ0v) is 26.4. The number of allylic oxidation sites excluding steroid dienone is 6. The number of rotatable bonds is 5. The quantitative estimate of drug-likeness (QED) is 0.185. The van der Waals surface area contributed by atoms with Crippen LogP contribution in [0, 0.1) is 6.92 Å². The Morgan fingerprint density at radius 1 is 0.636 bits per heavy atom. The molecular formula is C44H40. The van der Waals surface area contributed by atoms with E-state index in [9.17, 15) is 0 Å². The Morgan fingerprint density at radius 3 is 2.09 bits per heavy atom. The molecule has 216 valence electrons. The molecule has 44 heavy (non-hydrogen) atoms. The lowest BCUT2D eigenvalue weighted by Crippen LogP contribution is -2.04. The summed E-state index contributed by atoms with van der Waals surface area (Å²) in [5.74, 6) is 0. The predicted octanol–water partition coefficient (Wildman–Crippen LogP) is 12.3. The Bertz CT molecular complexity index is 2020. The highest BCUT2D eigenvalue weighted by molar-refractivity contribution is 6.12. The number of hydrogen-bond donors (Lipinski definition) is 0. The van der Waals surface area contributed by atoms with Crippen molar-refractivity contribution in [2.45, 2.75) is 53.4 Å². The number of hydrogen-bond acceptors (Lipinski definition) is 0. The van der Waals surface area contributed by atoms with Gasteiger partial charge in [0, 0.05) is 0 Å². The highest BCUT2D eigenvalue weighted by Crippen LogP contribution is 2.46. The van der Waals surface area contributed by atoms with E-state index in [0.717, 1.165) is 25.7 Å². The van der Waals surface area contributed by atoms with Gasteiger partial charge in [0.25, 0.3) is 0 Å². The molecule has 0 aromatic heterocycles. The van der Waals surface area contributed by atoms with Crippen LogP contribution in [0.2, 0.25) is 0 Å². The molecule has 0 unspecified atom stereocenters. The molecule has 7 rings (SSSR count). The normalized spacial score (nSPS) is 14.0. The Hall–Kier alpha value is -4.68. The maximum absolute atomic E-state index is 2.47. The Balaban J connectivity index is 1.47. The minimum Gasteiger partial charge on any atom is -0.0836 e. The van der Waals surface area contributed by atoms with Crippen molar-refractivity contribution in [2.75, 3.05) is 0 Å².